The van der Waals surface area contributed by atoms with Crippen molar-refractivity contribution in [2.75, 3.05) is 0 Å². The maximum absolute atomic E-state index is 12.9. The van der Waals surface area contributed by atoms with Gasteiger partial charge in [0.05, 0.1) is 6.42 Å². The third kappa shape index (κ3) is 5.13. The van der Waals surface area contributed by atoms with E-state index in [0.29, 0.717) is 11.5 Å². The number of halogens is 1. The molecular formula is C20H19FN2O4. The van der Waals surface area contributed by atoms with Gasteiger partial charge in [-0.2, -0.15) is 0 Å². The molecule has 6 nitrogen and oxygen atoms in total. The van der Waals surface area contributed by atoms with E-state index in [1.165, 1.54) is 19.1 Å². The van der Waals surface area contributed by atoms with Gasteiger partial charge in [0.25, 0.3) is 5.91 Å². The number of carbonyl (C=O) groups excluding carboxylic acids is 2. The van der Waals surface area contributed by atoms with Gasteiger partial charge in [0.15, 0.2) is 17.6 Å². The Labute approximate surface area is 155 Å². The minimum Gasteiger partial charge on any atom is -0.453 e. The maximum atomic E-state index is 12.9. The van der Waals surface area contributed by atoms with Crippen LogP contribution in [0.15, 0.2) is 52.9 Å². The topological polar surface area (TPSA) is 81.4 Å². The largest absolute Gasteiger partial charge is 0.453 e. The van der Waals surface area contributed by atoms with Crippen LogP contribution in [-0.4, -0.2) is 23.0 Å². The number of benzene rings is 2. The van der Waals surface area contributed by atoms with Gasteiger partial charge in [-0.1, -0.05) is 24.3 Å². The number of fused-ring (bicyclic) bond motifs is 1. The van der Waals surface area contributed by atoms with Crippen LogP contribution in [0.3, 0.4) is 0 Å². The summed E-state index contributed by atoms with van der Waals surface area (Å²) in [6.45, 7) is 1.72. The zero-order valence-corrected chi connectivity index (χ0v) is 14.8. The predicted molar refractivity (Wildman–Crippen MR) is 96.1 cm³/mol. The minimum absolute atomic E-state index is 0.0579. The average molecular weight is 370 g/mol. The van der Waals surface area contributed by atoms with Crippen LogP contribution in [0.1, 0.15) is 24.8 Å². The highest BCUT2D eigenvalue weighted by Gasteiger charge is 2.18. The lowest BCUT2D eigenvalue weighted by Crippen LogP contribution is -2.35. The van der Waals surface area contributed by atoms with E-state index >= 15 is 0 Å². The molecule has 0 fully saturated rings. The molecule has 0 unspecified atom stereocenters. The van der Waals surface area contributed by atoms with Crippen molar-refractivity contribution in [2.45, 2.75) is 32.4 Å². The van der Waals surface area contributed by atoms with Crippen LogP contribution in [0.25, 0.3) is 11.1 Å². The highest BCUT2D eigenvalue weighted by molar-refractivity contribution is 5.83. The summed E-state index contributed by atoms with van der Waals surface area (Å²) in [5.41, 5.74) is 2.14. The first-order chi connectivity index (χ1) is 13.0. The van der Waals surface area contributed by atoms with Gasteiger partial charge in [0.1, 0.15) is 11.3 Å². The summed E-state index contributed by atoms with van der Waals surface area (Å²) in [5, 5.41) is 2.65. The first kappa shape index (κ1) is 18.6. The smallest absolute Gasteiger partial charge is 0.307 e. The summed E-state index contributed by atoms with van der Waals surface area (Å²) >= 11 is 0. The quantitative estimate of drug-likeness (QED) is 0.646. The Balaban J connectivity index is 1.43. The molecule has 1 heterocycles. The summed E-state index contributed by atoms with van der Waals surface area (Å²) in [6, 6.07) is 13.1. The second-order valence-corrected chi connectivity index (χ2v) is 6.05. The van der Waals surface area contributed by atoms with E-state index in [9.17, 15) is 14.0 Å². The van der Waals surface area contributed by atoms with Gasteiger partial charge >= 0.3 is 5.97 Å². The fourth-order valence-corrected chi connectivity index (χ4v) is 2.48. The van der Waals surface area contributed by atoms with Crippen molar-refractivity contribution >= 4 is 23.0 Å². The van der Waals surface area contributed by atoms with Gasteiger partial charge in [-0.3, -0.25) is 9.59 Å². The number of ether oxygens (including phenoxy) is 1. The standard InChI is InChI=1S/C20H19FN2O4/c1-13(20(25)22-12-14-6-8-15(21)9-7-14)26-19(24)11-10-18-23-16-4-2-3-5-17(16)27-18/h2-9,13H,10-12H2,1H3,(H,22,25)/t13-/m0/s1. The molecule has 0 saturated heterocycles. The van der Waals surface area contributed by atoms with E-state index in [2.05, 4.69) is 10.3 Å². The van der Waals surface area contributed by atoms with Gasteiger partial charge in [-0.15, -0.1) is 0 Å². The molecule has 3 rings (SSSR count). The Morgan fingerprint density at radius 2 is 1.93 bits per heavy atom. The SMILES string of the molecule is C[C@H](OC(=O)CCc1nc2ccccc2o1)C(=O)NCc1ccc(F)cc1. The molecule has 0 radical (unpaired) electrons. The Bertz CT molecular complexity index is 904. The minimum atomic E-state index is -0.929. The van der Waals surface area contributed by atoms with Crippen LogP contribution in [0.2, 0.25) is 0 Å². The molecule has 0 saturated carbocycles. The van der Waals surface area contributed by atoms with Crippen LogP contribution in [0, 0.1) is 5.82 Å². The van der Waals surface area contributed by atoms with Crippen molar-refractivity contribution in [3.05, 3.63) is 65.8 Å². The Morgan fingerprint density at radius 3 is 2.67 bits per heavy atom. The van der Waals surface area contributed by atoms with E-state index in [1.807, 2.05) is 18.2 Å². The maximum Gasteiger partial charge on any atom is 0.307 e. The lowest BCUT2D eigenvalue weighted by Gasteiger charge is -2.13. The van der Waals surface area contributed by atoms with Gasteiger partial charge in [-0.25, -0.2) is 9.37 Å². The number of oxazole rings is 1. The van der Waals surface area contributed by atoms with Gasteiger partial charge in [0.2, 0.25) is 0 Å². The summed E-state index contributed by atoms with van der Waals surface area (Å²) in [6.07, 6.45) is -0.582. The van der Waals surface area contributed by atoms with Crippen molar-refractivity contribution < 1.29 is 23.1 Å². The number of hydrogen-bond donors (Lipinski definition) is 1. The van der Waals surface area contributed by atoms with Crippen LogP contribution in [0.5, 0.6) is 0 Å². The molecular weight excluding hydrogens is 351 g/mol. The lowest BCUT2D eigenvalue weighted by molar-refractivity contribution is -0.154. The molecule has 3 aromatic rings. The summed E-state index contributed by atoms with van der Waals surface area (Å²) < 4.78 is 23.5. The van der Waals surface area contributed by atoms with Gasteiger partial charge in [-0.05, 0) is 36.8 Å². The van der Waals surface area contributed by atoms with Crippen LogP contribution >= 0.6 is 0 Å². The fourth-order valence-electron chi connectivity index (χ4n) is 2.48. The summed E-state index contributed by atoms with van der Waals surface area (Å²) in [7, 11) is 0. The Kier molecular flexibility index (Phi) is 5.80. The normalized spacial score (nSPS) is 11.9. The number of nitrogens with one attached hydrogen (secondary N) is 1. The van der Waals surface area contributed by atoms with Crippen molar-refractivity contribution in [3.63, 3.8) is 0 Å². The third-order valence-corrected chi connectivity index (χ3v) is 3.94. The number of carbonyl (C=O) groups is 2. The molecule has 1 N–H and O–H groups in total. The highest BCUT2D eigenvalue weighted by Crippen LogP contribution is 2.16. The monoisotopic (exact) mass is 370 g/mol. The second kappa shape index (κ2) is 8.44. The molecule has 7 heteroatoms. The molecule has 140 valence electrons. The highest BCUT2D eigenvalue weighted by atomic mass is 19.1. The number of para-hydroxylation sites is 2. The lowest BCUT2D eigenvalue weighted by atomic mass is 10.2. The van der Waals surface area contributed by atoms with Gasteiger partial charge in [0, 0.05) is 13.0 Å². The molecule has 0 bridgehead atoms. The number of aromatic nitrogens is 1. The molecule has 1 atom stereocenters. The van der Waals surface area contributed by atoms with Crippen molar-refractivity contribution in [1.82, 2.24) is 10.3 Å². The summed E-state index contributed by atoms with van der Waals surface area (Å²) in [4.78, 5) is 28.2. The van der Waals surface area contributed by atoms with Crippen LogP contribution in [-0.2, 0) is 27.3 Å². The molecule has 0 spiro atoms. The number of hydrogen-bond acceptors (Lipinski definition) is 5. The first-order valence-corrected chi connectivity index (χ1v) is 8.57. The number of rotatable bonds is 7. The van der Waals surface area contributed by atoms with Gasteiger partial charge < -0.3 is 14.5 Å². The van der Waals surface area contributed by atoms with Crippen molar-refractivity contribution in [3.8, 4) is 0 Å². The average Bonchev–Trinajstić information content (AvgIpc) is 3.08. The third-order valence-electron chi connectivity index (χ3n) is 3.94. The second-order valence-electron chi connectivity index (χ2n) is 6.05. The molecule has 0 aliphatic heterocycles. The molecule has 1 amide bonds. The van der Waals surface area contributed by atoms with E-state index in [0.717, 1.165) is 11.1 Å². The fraction of sp³-hybridized carbons (Fsp3) is 0.250. The van der Waals surface area contributed by atoms with Crippen LogP contribution in [0.4, 0.5) is 4.39 Å². The summed E-state index contributed by atoms with van der Waals surface area (Å²) in [5.74, 6) is -0.830. The Morgan fingerprint density at radius 1 is 1.19 bits per heavy atom. The molecule has 27 heavy (non-hydrogen) atoms. The molecule has 2 aromatic carbocycles. The Hall–Kier alpha value is -3.22. The van der Waals surface area contributed by atoms with Crippen LogP contribution < -0.4 is 5.32 Å². The van der Waals surface area contributed by atoms with E-state index in [-0.39, 0.29) is 25.2 Å². The van der Waals surface area contributed by atoms with E-state index in [1.54, 1.807) is 18.2 Å². The molecule has 0 aliphatic carbocycles. The predicted octanol–water partition coefficient (Wildman–Crippen LogP) is 3.15. The number of aryl methyl sites for hydroxylation is 1. The van der Waals surface area contributed by atoms with E-state index in [4.69, 9.17) is 9.15 Å². The van der Waals surface area contributed by atoms with E-state index < -0.39 is 18.0 Å². The van der Waals surface area contributed by atoms with Crippen molar-refractivity contribution in [2.24, 2.45) is 0 Å². The molecule has 0 aliphatic rings. The number of nitrogens with zero attached hydrogens (tertiary/aromatic N) is 1. The molecule has 1 aromatic heterocycles. The number of esters is 1. The van der Waals surface area contributed by atoms with Crippen molar-refractivity contribution in [1.29, 1.82) is 0 Å². The zero-order chi connectivity index (χ0) is 19.2. The zero-order valence-electron chi connectivity index (χ0n) is 14.8. The first-order valence-electron chi connectivity index (χ1n) is 8.57. The number of amides is 1.